The molecular weight excluding hydrogens is 354 g/mol. The molecule has 0 bridgehead atoms. The van der Waals surface area contributed by atoms with Crippen LogP contribution in [0.3, 0.4) is 0 Å². The molecule has 0 aromatic rings. The number of likely N-dealkylation sites (tertiary alicyclic amines) is 1. The van der Waals surface area contributed by atoms with E-state index in [1.54, 1.807) is 13.8 Å². The van der Waals surface area contributed by atoms with Gasteiger partial charge in [-0.2, -0.15) is 0 Å². The quantitative estimate of drug-likeness (QED) is 0.294. The van der Waals surface area contributed by atoms with Gasteiger partial charge in [0.15, 0.2) is 0 Å². The van der Waals surface area contributed by atoms with E-state index in [4.69, 9.17) is 15.3 Å². The van der Waals surface area contributed by atoms with Gasteiger partial charge in [-0.15, -0.1) is 11.8 Å². The second-order valence-electron chi connectivity index (χ2n) is 6.00. The minimum absolute atomic E-state index is 0.0643. The molecule has 0 aromatic carbocycles. The van der Waals surface area contributed by atoms with Gasteiger partial charge in [-0.3, -0.25) is 15.1 Å². The zero-order valence-electron chi connectivity index (χ0n) is 13.3. The van der Waals surface area contributed by atoms with Crippen LogP contribution in [-0.4, -0.2) is 67.7 Å². The molecule has 8 nitrogen and oxygen atoms in total. The van der Waals surface area contributed by atoms with Gasteiger partial charge in [0.05, 0.1) is 17.9 Å². The third-order valence-electron chi connectivity index (χ3n) is 4.30. The summed E-state index contributed by atoms with van der Waals surface area (Å²) in [6.45, 7) is 4.81. The fourth-order valence-corrected chi connectivity index (χ4v) is 6.27. The van der Waals surface area contributed by atoms with Gasteiger partial charge in [0.1, 0.15) is 9.61 Å². The number of hydrogen-bond acceptors (Lipinski definition) is 7. The van der Waals surface area contributed by atoms with Gasteiger partial charge in [-0.1, -0.05) is 11.8 Å². The number of rotatable bonds is 4. The van der Waals surface area contributed by atoms with Crippen LogP contribution in [0.1, 0.15) is 20.3 Å². The van der Waals surface area contributed by atoms with Gasteiger partial charge in [-0.25, -0.2) is 4.79 Å². The number of β-lactam (4-membered cyclic amide) rings is 1. The van der Waals surface area contributed by atoms with E-state index in [0.29, 0.717) is 16.6 Å². The van der Waals surface area contributed by atoms with Crippen LogP contribution in [0.15, 0.2) is 10.1 Å². The molecule has 3 unspecified atom stereocenters. The van der Waals surface area contributed by atoms with Crippen molar-refractivity contribution in [2.75, 3.05) is 13.1 Å². The highest BCUT2D eigenvalue weighted by Gasteiger charge is 2.58. The molecule has 132 valence electrons. The third-order valence-corrected chi connectivity index (χ3v) is 7.12. The molecule has 2 fully saturated rings. The lowest BCUT2D eigenvalue weighted by atomic mass is 9.93. The van der Waals surface area contributed by atoms with Crippen molar-refractivity contribution in [2.24, 2.45) is 5.92 Å². The second kappa shape index (κ2) is 6.49. The standard InChI is InChI=1S/C14H19N3O5S2/c1-6(18)9-10(19)17-11(22-14(20)21)13(24-12(9)17)23-8-3-4-16(5-8)7(2)15/h6,8-9,12,15,18H,3-5H2,1-2H3,(H,20,21)/t6?,8?,9?,12-/m0/s1. The zero-order chi connectivity index (χ0) is 17.6. The summed E-state index contributed by atoms with van der Waals surface area (Å²) in [6, 6.07) is 0. The van der Waals surface area contributed by atoms with Crippen LogP contribution < -0.4 is 0 Å². The maximum atomic E-state index is 12.2. The Hall–Kier alpha value is -1.39. The molecule has 3 aliphatic heterocycles. The van der Waals surface area contributed by atoms with Crippen molar-refractivity contribution >= 4 is 41.4 Å². The summed E-state index contributed by atoms with van der Waals surface area (Å²) >= 11 is 2.86. The largest absolute Gasteiger partial charge is 0.512 e. The second-order valence-corrected chi connectivity index (χ2v) is 8.70. The van der Waals surface area contributed by atoms with Crippen molar-refractivity contribution in [2.45, 2.75) is 37.0 Å². The number of hydrogen-bond donors (Lipinski definition) is 3. The number of carboxylic acid groups (broad SMARTS) is 1. The van der Waals surface area contributed by atoms with E-state index in [-0.39, 0.29) is 22.4 Å². The van der Waals surface area contributed by atoms with Crippen LogP contribution in [0.25, 0.3) is 0 Å². The van der Waals surface area contributed by atoms with E-state index < -0.39 is 18.2 Å². The summed E-state index contributed by atoms with van der Waals surface area (Å²) in [5.41, 5.74) is 0. The predicted molar refractivity (Wildman–Crippen MR) is 90.5 cm³/mol. The average Bonchev–Trinajstić information content (AvgIpc) is 3.02. The normalized spacial score (nSPS) is 30.3. The Morgan fingerprint density at radius 3 is 2.79 bits per heavy atom. The van der Waals surface area contributed by atoms with Crippen LogP contribution in [-0.2, 0) is 9.53 Å². The fraction of sp³-hybridized carbons (Fsp3) is 0.643. The predicted octanol–water partition coefficient (Wildman–Crippen LogP) is 1.52. The number of aliphatic hydroxyl groups is 1. The smallest absolute Gasteiger partial charge is 0.449 e. The monoisotopic (exact) mass is 373 g/mol. The highest BCUT2D eigenvalue weighted by atomic mass is 32.2. The summed E-state index contributed by atoms with van der Waals surface area (Å²) in [5.74, 6) is -0.266. The lowest BCUT2D eigenvalue weighted by molar-refractivity contribution is -0.155. The van der Waals surface area contributed by atoms with Gasteiger partial charge in [0.2, 0.25) is 11.8 Å². The first-order valence-electron chi connectivity index (χ1n) is 7.59. The number of carbonyl (C=O) groups is 2. The minimum atomic E-state index is -1.46. The molecule has 24 heavy (non-hydrogen) atoms. The van der Waals surface area contributed by atoms with E-state index in [2.05, 4.69) is 0 Å². The summed E-state index contributed by atoms with van der Waals surface area (Å²) in [5, 5.41) is 26.3. The highest BCUT2D eigenvalue weighted by molar-refractivity contribution is 8.23. The lowest BCUT2D eigenvalue weighted by Crippen LogP contribution is -2.60. The molecule has 1 amide bonds. The van der Waals surface area contributed by atoms with Gasteiger partial charge >= 0.3 is 6.16 Å². The lowest BCUT2D eigenvalue weighted by Gasteiger charge is -2.43. The van der Waals surface area contributed by atoms with Crippen molar-refractivity contribution in [1.29, 1.82) is 5.41 Å². The molecule has 4 atom stereocenters. The minimum Gasteiger partial charge on any atom is -0.449 e. The van der Waals surface area contributed by atoms with Crippen molar-refractivity contribution in [3.05, 3.63) is 10.1 Å². The Bertz CT molecular complexity index is 624. The van der Waals surface area contributed by atoms with E-state index in [1.165, 1.54) is 28.4 Å². The highest BCUT2D eigenvalue weighted by Crippen LogP contribution is 2.55. The van der Waals surface area contributed by atoms with Crippen LogP contribution >= 0.6 is 23.5 Å². The van der Waals surface area contributed by atoms with Crippen molar-refractivity contribution in [3.8, 4) is 0 Å². The SMILES string of the molecule is CC(=N)N1CCC(SC2=C(OC(=O)O)N3C(=O)C(C(C)O)[C@@H]3S2)C1. The number of carbonyl (C=O) groups excluding carboxylic acids is 1. The van der Waals surface area contributed by atoms with Crippen LogP contribution in [0.2, 0.25) is 0 Å². The van der Waals surface area contributed by atoms with E-state index in [9.17, 15) is 14.7 Å². The zero-order valence-corrected chi connectivity index (χ0v) is 14.9. The Morgan fingerprint density at radius 2 is 2.25 bits per heavy atom. The Labute approximate surface area is 147 Å². The average molecular weight is 373 g/mol. The molecule has 0 radical (unpaired) electrons. The van der Waals surface area contributed by atoms with E-state index >= 15 is 0 Å². The maximum Gasteiger partial charge on any atom is 0.512 e. The summed E-state index contributed by atoms with van der Waals surface area (Å²) in [4.78, 5) is 26.5. The molecule has 2 saturated heterocycles. The molecule has 10 heteroatoms. The Balaban J connectivity index is 1.75. The number of nitrogens with zero attached hydrogens (tertiary/aromatic N) is 2. The first kappa shape index (κ1) is 17.4. The molecule has 0 spiro atoms. The van der Waals surface area contributed by atoms with Crippen molar-refractivity contribution < 1.29 is 24.5 Å². The molecule has 3 N–H and O–H groups in total. The van der Waals surface area contributed by atoms with Crippen LogP contribution in [0.5, 0.6) is 0 Å². The van der Waals surface area contributed by atoms with Crippen LogP contribution in [0.4, 0.5) is 4.79 Å². The summed E-state index contributed by atoms with van der Waals surface area (Å²) in [6.07, 6.45) is -1.37. The molecule has 3 aliphatic rings. The van der Waals surface area contributed by atoms with E-state index in [1.807, 2.05) is 4.90 Å². The first-order chi connectivity index (χ1) is 11.3. The number of nitrogens with one attached hydrogen (secondary N) is 1. The number of ether oxygens (including phenoxy) is 1. The van der Waals surface area contributed by atoms with Gasteiger partial charge in [0, 0.05) is 18.3 Å². The molecule has 3 rings (SSSR count). The molecule has 3 heterocycles. The first-order valence-corrected chi connectivity index (χ1v) is 9.35. The summed E-state index contributed by atoms with van der Waals surface area (Å²) in [7, 11) is 0. The number of fused-ring (bicyclic) bond motifs is 1. The number of aliphatic hydroxyl groups excluding tert-OH is 1. The number of thioether (sulfide) groups is 2. The number of amidine groups is 1. The Kier molecular flexibility index (Phi) is 4.71. The third kappa shape index (κ3) is 2.98. The topological polar surface area (TPSA) is 114 Å². The van der Waals surface area contributed by atoms with Crippen LogP contribution in [0, 0.1) is 11.3 Å². The molecule has 0 aromatic heterocycles. The number of amides is 1. The van der Waals surface area contributed by atoms with Gasteiger partial charge in [0.25, 0.3) is 0 Å². The Morgan fingerprint density at radius 1 is 1.54 bits per heavy atom. The van der Waals surface area contributed by atoms with E-state index in [0.717, 1.165) is 13.0 Å². The van der Waals surface area contributed by atoms with Gasteiger partial charge < -0.3 is 19.8 Å². The fourth-order valence-electron chi connectivity index (χ4n) is 3.06. The maximum absolute atomic E-state index is 12.2. The summed E-state index contributed by atoms with van der Waals surface area (Å²) < 4.78 is 5.52. The van der Waals surface area contributed by atoms with Crippen molar-refractivity contribution in [1.82, 2.24) is 9.80 Å². The molecule has 0 aliphatic carbocycles. The molecule has 0 saturated carbocycles. The van der Waals surface area contributed by atoms with Crippen molar-refractivity contribution in [3.63, 3.8) is 0 Å². The molecular formula is C14H19N3O5S2. The van der Waals surface area contributed by atoms with Gasteiger partial charge in [-0.05, 0) is 20.3 Å².